The Balaban J connectivity index is 2.44. The zero-order valence-electron chi connectivity index (χ0n) is 15.0. The summed E-state index contributed by atoms with van der Waals surface area (Å²) in [4.78, 5) is 12.4. The molecule has 1 heterocycles. The SMILES string of the molecule is CCOCc1cc([C@@H]2NC(=S)NC(C)=C2C(=O)OCC)ccc1OC. The molecule has 2 N–H and O–H groups in total. The molecular formula is C18H24N2O4S. The molecule has 0 amide bonds. The van der Waals surface area contributed by atoms with Crippen LogP contribution in [0.2, 0.25) is 0 Å². The highest BCUT2D eigenvalue weighted by atomic mass is 32.1. The molecule has 0 saturated carbocycles. The van der Waals surface area contributed by atoms with Crippen molar-refractivity contribution in [1.29, 1.82) is 0 Å². The third kappa shape index (κ3) is 4.49. The van der Waals surface area contributed by atoms with Crippen LogP contribution in [0.25, 0.3) is 0 Å². The second kappa shape index (κ2) is 8.82. The molecule has 1 aromatic carbocycles. The predicted octanol–water partition coefficient (Wildman–Crippen LogP) is 2.59. The maximum absolute atomic E-state index is 12.4. The van der Waals surface area contributed by atoms with E-state index in [0.29, 0.717) is 36.2 Å². The van der Waals surface area contributed by atoms with Crippen LogP contribution in [0.5, 0.6) is 5.75 Å². The molecule has 0 fully saturated rings. The Morgan fingerprint density at radius 3 is 2.68 bits per heavy atom. The van der Waals surface area contributed by atoms with Crippen molar-refractivity contribution in [3.8, 4) is 5.75 Å². The summed E-state index contributed by atoms with van der Waals surface area (Å²) in [6, 6.07) is 5.35. The van der Waals surface area contributed by atoms with Gasteiger partial charge in [0.25, 0.3) is 0 Å². The molecule has 0 spiro atoms. The number of carbonyl (C=O) groups is 1. The number of thiocarbonyl (C=S) groups is 1. The second-order valence-corrected chi connectivity index (χ2v) is 5.91. The fourth-order valence-electron chi connectivity index (χ4n) is 2.73. The first kappa shape index (κ1) is 19.2. The molecule has 0 radical (unpaired) electrons. The van der Waals surface area contributed by atoms with Gasteiger partial charge in [-0.1, -0.05) is 6.07 Å². The zero-order chi connectivity index (χ0) is 18.4. The summed E-state index contributed by atoms with van der Waals surface area (Å²) in [5.41, 5.74) is 3.01. The van der Waals surface area contributed by atoms with Crippen LogP contribution in [0.3, 0.4) is 0 Å². The van der Waals surface area contributed by atoms with Gasteiger partial charge in [-0.2, -0.15) is 0 Å². The van der Waals surface area contributed by atoms with Crippen LogP contribution in [0.1, 0.15) is 37.9 Å². The van der Waals surface area contributed by atoms with Crippen LogP contribution in [0.4, 0.5) is 0 Å². The summed E-state index contributed by atoms with van der Waals surface area (Å²) in [5.74, 6) is 0.377. The van der Waals surface area contributed by atoms with Crippen molar-refractivity contribution in [2.45, 2.75) is 33.4 Å². The largest absolute Gasteiger partial charge is 0.496 e. The number of nitrogens with one attached hydrogen (secondary N) is 2. The molecule has 0 bridgehead atoms. The summed E-state index contributed by atoms with van der Waals surface area (Å²) < 4.78 is 16.1. The standard InChI is InChI=1S/C18H24N2O4S/c1-5-23-10-13-9-12(7-8-14(13)22-4)16-15(17(21)24-6-2)11(3)19-18(25)20-16/h7-9,16H,5-6,10H2,1-4H3,(H2,19,20,25)/t16-/m0/s1. The van der Waals surface area contributed by atoms with E-state index in [-0.39, 0.29) is 12.0 Å². The predicted molar refractivity (Wildman–Crippen MR) is 99.3 cm³/mol. The lowest BCUT2D eigenvalue weighted by Crippen LogP contribution is -2.45. The van der Waals surface area contributed by atoms with Gasteiger partial charge >= 0.3 is 5.97 Å². The van der Waals surface area contributed by atoms with Crippen LogP contribution in [-0.2, 0) is 20.9 Å². The van der Waals surface area contributed by atoms with E-state index in [2.05, 4.69) is 10.6 Å². The number of ether oxygens (including phenoxy) is 3. The van der Waals surface area contributed by atoms with E-state index in [4.69, 9.17) is 26.4 Å². The molecule has 0 saturated heterocycles. The number of hydrogen-bond donors (Lipinski definition) is 2. The zero-order valence-corrected chi connectivity index (χ0v) is 15.8. The highest BCUT2D eigenvalue weighted by Crippen LogP contribution is 2.31. The van der Waals surface area contributed by atoms with Crippen LogP contribution in [-0.4, -0.2) is 31.4 Å². The molecule has 1 atom stereocenters. The van der Waals surface area contributed by atoms with Gasteiger partial charge in [-0.15, -0.1) is 0 Å². The van der Waals surface area contributed by atoms with E-state index < -0.39 is 0 Å². The molecule has 0 aliphatic carbocycles. The number of rotatable bonds is 7. The van der Waals surface area contributed by atoms with Gasteiger partial charge in [-0.25, -0.2) is 4.79 Å². The maximum Gasteiger partial charge on any atom is 0.338 e. The number of esters is 1. The lowest BCUT2D eigenvalue weighted by molar-refractivity contribution is -0.139. The van der Waals surface area contributed by atoms with E-state index in [1.165, 1.54) is 0 Å². The summed E-state index contributed by atoms with van der Waals surface area (Å²) >= 11 is 5.26. The van der Waals surface area contributed by atoms with Gasteiger partial charge in [-0.3, -0.25) is 0 Å². The Kier molecular flexibility index (Phi) is 6.78. The molecule has 2 rings (SSSR count). The topological polar surface area (TPSA) is 68.8 Å². The molecule has 25 heavy (non-hydrogen) atoms. The molecule has 1 aromatic rings. The number of methoxy groups -OCH3 is 1. The Hall–Kier alpha value is -2.12. The van der Waals surface area contributed by atoms with Crippen molar-refractivity contribution in [2.24, 2.45) is 0 Å². The van der Waals surface area contributed by atoms with Gasteiger partial charge in [0.15, 0.2) is 5.11 Å². The van der Waals surface area contributed by atoms with E-state index in [9.17, 15) is 4.79 Å². The fraction of sp³-hybridized carbons (Fsp3) is 0.444. The van der Waals surface area contributed by atoms with Crippen LogP contribution >= 0.6 is 12.2 Å². The van der Waals surface area contributed by atoms with E-state index in [0.717, 1.165) is 16.9 Å². The lowest BCUT2D eigenvalue weighted by Gasteiger charge is -2.30. The highest BCUT2D eigenvalue weighted by Gasteiger charge is 2.31. The second-order valence-electron chi connectivity index (χ2n) is 5.50. The minimum atomic E-state index is -0.390. The van der Waals surface area contributed by atoms with Crippen molar-refractivity contribution < 1.29 is 19.0 Å². The third-order valence-electron chi connectivity index (χ3n) is 3.86. The lowest BCUT2D eigenvalue weighted by atomic mass is 9.94. The van der Waals surface area contributed by atoms with Gasteiger partial charge in [0.2, 0.25) is 0 Å². The summed E-state index contributed by atoms with van der Waals surface area (Å²) in [7, 11) is 1.62. The average molecular weight is 364 g/mol. The normalized spacial score (nSPS) is 17.0. The van der Waals surface area contributed by atoms with Gasteiger partial charge in [0.1, 0.15) is 5.75 Å². The van der Waals surface area contributed by atoms with Gasteiger partial charge in [0.05, 0.1) is 31.9 Å². The molecule has 1 aliphatic heterocycles. The third-order valence-corrected chi connectivity index (χ3v) is 4.08. The number of benzene rings is 1. The fourth-order valence-corrected chi connectivity index (χ4v) is 3.00. The molecular weight excluding hydrogens is 340 g/mol. The van der Waals surface area contributed by atoms with Crippen molar-refractivity contribution in [3.05, 3.63) is 40.6 Å². The summed E-state index contributed by atoms with van der Waals surface area (Å²) in [6.07, 6.45) is 0. The molecule has 0 unspecified atom stereocenters. The Morgan fingerprint density at radius 1 is 1.28 bits per heavy atom. The van der Waals surface area contributed by atoms with Crippen molar-refractivity contribution in [3.63, 3.8) is 0 Å². The van der Waals surface area contributed by atoms with E-state index >= 15 is 0 Å². The highest BCUT2D eigenvalue weighted by molar-refractivity contribution is 7.80. The van der Waals surface area contributed by atoms with Crippen LogP contribution in [0, 0.1) is 0 Å². The number of allylic oxidation sites excluding steroid dienone is 1. The molecule has 0 aromatic heterocycles. The quantitative estimate of drug-likeness (QED) is 0.569. The summed E-state index contributed by atoms with van der Waals surface area (Å²) in [5, 5.41) is 6.61. The van der Waals surface area contributed by atoms with E-state index in [1.54, 1.807) is 14.0 Å². The smallest absolute Gasteiger partial charge is 0.338 e. The first-order chi connectivity index (χ1) is 12.0. The maximum atomic E-state index is 12.4. The van der Waals surface area contributed by atoms with Gasteiger partial charge < -0.3 is 24.8 Å². The van der Waals surface area contributed by atoms with Gasteiger partial charge in [-0.05, 0) is 50.7 Å². The minimum Gasteiger partial charge on any atom is -0.496 e. The number of hydrogen-bond acceptors (Lipinski definition) is 5. The molecule has 6 nitrogen and oxygen atoms in total. The van der Waals surface area contributed by atoms with Crippen molar-refractivity contribution >= 4 is 23.3 Å². The van der Waals surface area contributed by atoms with Crippen LogP contribution < -0.4 is 15.4 Å². The first-order valence-electron chi connectivity index (χ1n) is 8.21. The molecule has 136 valence electrons. The number of carbonyl (C=O) groups excluding carboxylic acids is 1. The molecule has 1 aliphatic rings. The monoisotopic (exact) mass is 364 g/mol. The molecule has 7 heteroatoms. The van der Waals surface area contributed by atoms with Crippen molar-refractivity contribution in [1.82, 2.24) is 10.6 Å². The van der Waals surface area contributed by atoms with Crippen molar-refractivity contribution in [2.75, 3.05) is 20.3 Å². The first-order valence-corrected chi connectivity index (χ1v) is 8.62. The summed E-state index contributed by atoms with van der Waals surface area (Å²) in [6.45, 7) is 6.89. The Labute approximate surface area is 153 Å². The average Bonchev–Trinajstić information content (AvgIpc) is 2.59. The Bertz CT molecular complexity index is 688. The van der Waals surface area contributed by atoms with Crippen LogP contribution in [0.15, 0.2) is 29.5 Å². The Morgan fingerprint density at radius 2 is 2.04 bits per heavy atom. The minimum absolute atomic E-state index is 0.310. The van der Waals surface area contributed by atoms with Gasteiger partial charge in [0, 0.05) is 17.9 Å². The van der Waals surface area contributed by atoms with E-state index in [1.807, 2.05) is 32.0 Å².